The topological polar surface area (TPSA) is 193 Å². The number of ether oxygens (including phenoxy) is 6. The Morgan fingerprint density at radius 3 is 1.98 bits per heavy atom. The second kappa shape index (κ2) is 17.0. The molecule has 15 heteroatoms. The van der Waals surface area contributed by atoms with Crippen molar-refractivity contribution in [3.05, 3.63) is 52.1 Å². The molecule has 0 heterocycles. The highest BCUT2D eigenvalue weighted by atomic mass is 16.9. The van der Waals surface area contributed by atoms with Crippen LogP contribution in [0.3, 0.4) is 0 Å². The van der Waals surface area contributed by atoms with Crippen molar-refractivity contribution in [1.82, 2.24) is 0 Å². The lowest BCUT2D eigenvalue weighted by Crippen LogP contribution is -2.30. The summed E-state index contributed by atoms with van der Waals surface area (Å²) in [5, 5.41) is 10.9. The number of esters is 5. The van der Waals surface area contributed by atoms with Gasteiger partial charge in [0.2, 0.25) is 0 Å². The number of unbranched alkanes of at least 4 members (excludes halogenated alkanes) is 1. The summed E-state index contributed by atoms with van der Waals surface area (Å²) >= 11 is 0. The highest BCUT2D eigenvalue weighted by molar-refractivity contribution is 5.88. The number of benzene rings is 2. The van der Waals surface area contributed by atoms with Gasteiger partial charge in [0, 0.05) is 0 Å². The highest BCUT2D eigenvalue weighted by Gasteiger charge is 2.25. The maximum atomic E-state index is 12.6. The quantitative estimate of drug-likeness (QED) is 0.0850. The average molecular weight is 594 g/mol. The number of fused-ring (bicyclic) bond motifs is 1. The molecule has 0 N–H and O–H groups in total. The first-order valence-electron chi connectivity index (χ1n) is 12.7. The maximum absolute atomic E-state index is 12.6. The van der Waals surface area contributed by atoms with Crippen LogP contribution < -0.4 is 4.74 Å². The normalized spacial score (nSPS) is 11.9. The average Bonchev–Trinajstić information content (AvgIpc) is 2.98. The predicted octanol–water partition coefficient (Wildman–Crippen LogP) is 2.04. The number of methoxy groups -OCH3 is 1. The molecule has 0 saturated heterocycles. The molecule has 228 valence electrons. The third-order valence-corrected chi connectivity index (χ3v) is 5.58. The summed E-state index contributed by atoms with van der Waals surface area (Å²) in [6, 6.07) is 10.9. The van der Waals surface area contributed by atoms with E-state index < -0.39 is 66.8 Å². The molecule has 2 aromatic rings. The molecule has 0 bridgehead atoms. The van der Waals surface area contributed by atoms with Crippen LogP contribution in [0.1, 0.15) is 38.2 Å². The van der Waals surface area contributed by atoms with Gasteiger partial charge in [0.1, 0.15) is 5.75 Å². The van der Waals surface area contributed by atoms with E-state index in [0.29, 0.717) is 17.7 Å². The fraction of sp³-hybridized carbons (Fsp3) is 0.444. The number of carbonyl (C=O) groups is 5. The number of rotatable bonds is 17. The molecule has 42 heavy (non-hydrogen) atoms. The zero-order chi connectivity index (χ0) is 31.1. The Kier molecular flexibility index (Phi) is 13.5. The molecule has 0 aliphatic rings. The monoisotopic (exact) mass is 593 g/mol. The van der Waals surface area contributed by atoms with E-state index in [0.717, 1.165) is 10.8 Å². The van der Waals surface area contributed by atoms with Crippen LogP contribution in [0.2, 0.25) is 0 Å². The Bertz CT molecular complexity index is 1280. The van der Waals surface area contributed by atoms with E-state index >= 15 is 0 Å². The third-order valence-electron chi connectivity index (χ3n) is 5.58. The number of nitrogens with zero attached hydrogens (tertiary/aromatic N) is 1. The Balaban J connectivity index is 1.65. The van der Waals surface area contributed by atoms with Crippen LogP contribution in [0.15, 0.2) is 36.4 Å². The van der Waals surface area contributed by atoms with Gasteiger partial charge in [-0.1, -0.05) is 24.3 Å². The molecule has 2 rings (SSSR count). The fourth-order valence-electron chi connectivity index (χ4n) is 3.28. The van der Waals surface area contributed by atoms with E-state index in [-0.39, 0.29) is 19.6 Å². The largest absolute Gasteiger partial charge is 0.497 e. The molecule has 2 aromatic carbocycles. The molecule has 0 saturated carbocycles. The van der Waals surface area contributed by atoms with Gasteiger partial charge in [0.15, 0.2) is 25.9 Å². The molecule has 2 atom stereocenters. The summed E-state index contributed by atoms with van der Waals surface area (Å²) in [7, 11) is 1.57. The molecule has 0 fully saturated rings. The minimum absolute atomic E-state index is 0.0656. The Morgan fingerprint density at radius 1 is 0.762 bits per heavy atom. The van der Waals surface area contributed by atoms with E-state index in [9.17, 15) is 34.1 Å². The van der Waals surface area contributed by atoms with Crippen LogP contribution in [-0.2, 0) is 52.5 Å². The van der Waals surface area contributed by atoms with Gasteiger partial charge in [0.05, 0.1) is 26.2 Å². The predicted molar refractivity (Wildman–Crippen MR) is 140 cm³/mol. The lowest BCUT2D eigenvalue weighted by molar-refractivity contribution is -0.757. The van der Waals surface area contributed by atoms with Gasteiger partial charge in [-0.15, -0.1) is 10.1 Å². The summed E-state index contributed by atoms with van der Waals surface area (Å²) in [4.78, 5) is 73.7. The van der Waals surface area contributed by atoms with Gasteiger partial charge >= 0.3 is 29.8 Å². The SMILES string of the molecule is COc1ccc2cc(C(C)C(=O)OC(C)C(=O)OCC(=O)OCC(=O)OCC(=O)OCCCCO[N+](=O)[O-])ccc2c1. The lowest BCUT2D eigenvalue weighted by Gasteiger charge is -2.16. The van der Waals surface area contributed by atoms with Crippen LogP contribution in [0, 0.1) is 10.1 Å². The first-order chi connectivity index (χ1) is 20.0. The second-order valence-electron chi connectivity index (χ2n) is 8.69. The van der Waals surface area contributed by atoms with E-state index in [1.807, 2.05) is 24.3 Å². The molecule has 0 aliphatic carbocycles. The maximum Gasteiger partial charge on any atom is 0.347 e. The van der Waals surface area contributed by atoms with Crippen LogP contribution in [0.5, 0.6) is 5.75 Å². The molecule has 0 spiro atoms. The summed E-state index contributed by atoms with van der Waals surface area (Å²) < 4.78 is 29.1. The van der Waals surface area contributed by atoms with Crippen molar-refractivity contribution >= 4 is 40.6 Å². The zero-order valence-corrected chi connectivity index (χ0v) is 23.2. The van der Waals surface area contributed by atoms with Crippen molar-refractivity contribution in [2.24, 2.45) is 0 Å². The summed E-state index contributed by atoms with van der Waals surface area (Å²) in [5.74, 6) is -4.71. The molecular formula is C27H31NO14. The van der Waals surface area contributed by atoms with Crippen LogP contribution >= 0.6 is 0 Å². The van der Waals surface area contributed by atoms with E-state index in [1.165, 1.54) is 6.92 Å². The van der Waals surface area contributed by atoms with Gasteiger partial charge in [0.25, 0.3) is 5.09 Å². The summed E-state index contributed by atoms with van der Waals surface area (Å²) in [6.07, 6.45) is -0.757. The van der Waals surface area contributed by atoms with Crippen molar-refractivity contribution in [3.8, 4) is 5.75 Å². The second-order valence-corrected chi connectivity index (χ2v) is 8.69. The molecule has 0 radical (unpaired) electrons. The Morgan fingerprint density at radius 2 is 1.33 bits per heavy atom. The van der Waals surface area contributed by atoms with Crippen LogP contribution in [-0.4, -0.2) is 81.2 Å². The van der Waals surface area contributed by atoms with Crippen molar-refractivity contribution in [1.29, 1.82) is 0 Å². The molecular weight excluding hydrogens is 562 g/mol. The minimum atomic E-state index is -1.32. The van der Waals surface area contributed by atoms with Gasteiger partial charge in [-0.25, -0.2) is 19.2 Å². The highest BCUT2D eigenvalue weighted by Crippen LogP contribution is 2.26. The number of hydrogen-bond acceptors (Lipinski definition) is 14. The van der Waals surface area contributed by atoms with E-state index in [2.05, 4.69) is 14.3 Å². The van der Waals surface area contributed by atoms with Crippen molar-refractivity contribution in [2.75, 3.05) is 40.1 Å². The minimum Gasteiger partial charge on any atom is -0.497 e. The number of carbonyl (C=O) groups excluding carboxylic acids is 5. The zero-order valence-electron chi connectivity index (χ0n) is 23.2. The Labute approximate surface area is 240 Å². The molecule has 15 nitrogen and oxygen atoms in total. The smallest absolute Gasteiger partial charge is 0.347 e. The third kappa shape index (κ3) is 11.7. The molecule has 2 unspecified atom stereocenters. The van der Waals surface area contributed by atoms with Gasteiger partial charge < -0.3 is 33.3 Å². The number of hydrogen-bond donors (Lipinski definition) is 0. The Hall–Kier alpha value is -4.95. The van der Waals surface area contributed by atoms with E-state index in [1.54, 1.807) is 26.2 Å². The molecule has 0 amide bonds. The fourth-order valence-corrected chi connectivity index (χ4v) is 3.28. The first kappa shape index (κ1) is 33.3. The molecule has 0 aromatic heterocycles. The first-order valence-corrected chi connectivity index (χ1v) is 12.7. The standard InChI is InChI=1S/C27H31NO14/c1-17(19-6-7-21-13-22(36-3)9-8-20(21)12-19)26(32)42-18(2)27(33)40-16-25(31)39-15-24(30)38-14-23(29)37-10-4-5-11-41-28(34)35/h6-9,12-13,17-18H,4-5,10-11,14-16H2,1-3H3. The van der Waals surface area contributed by atoms with Gasteiger partial charge in [-0.05, 0) is 55.2 Å². The van der Waals surface area contributed by atoms with Crippen molar-refractivity contribution in [2.45, 2.75) is 38.7 Å². The van der Waals surface area contributed by atoms with Gasteiger partial charge in [-0.3, -0.25) is 4.79 Å². The van der Waals surface area contributed by atoms with Crippen LogP contribution in [0.4, 0.5) is 0 Å². The van der Waals surface area contributed by atoms with Gasteiger partial charge in [-0.2, -0.15) is 0 Å². The summed E-state index contributed by atoms with van der Waals surface area (Å²) in [5.41, 5.74) is 0.669. The van der Waals surface area contributed by atoms with E-state index in [4.69, 9.17) is 18.9 Å². The lowest BCUT2D eigenvalue weighted by atomic mass is 9.98. The summed E-state index contributed by atoms with van der Waals surface area (Å²) in [6.45, 7) is 0.228. The van der Waals surface area contributed by atoms with Crippen molar-refractivity contribution < 1.29 is 62.3 Å². The molecule has 0 aliphatic heterocycles. The van der Waals surface area contributed by atoms with Crippen molar-refractivity contribution in [3.63, 3.8) is 0 Å². The van der Waals surface area contributed by atoms with Crippen LogP contribution in [0.25, 0.3) is 10.8 Å².